The standard InChI is InChI=1S/C15H13F2N3S/c1-8-9(2)21-15-13(8)14(19-7-20-15)18-6-10-3-4-11(16)12(17)5-10/h3-5,7H,6H2,1-2H3,(H,18,19,20). The lowest BCUT2D eigenvalue weighted by atomic mass is 10.2. The molecule has 0 amide bonds. The van der Waals surface area contributed by atoms with Crippen molar-refractivity contribution < 1.29 is 8.78 Å². The number of hydrogen-bond donors (Lipinski definition) is 1. The molecule has 2 aromatic heterocycles. The van der Waals surface area contributed by atoms with Crippen LogP contribution in [-0.4, -0.2) is 9.97 Å². The molecule has 0 bridgehead atoms. The Labute approximate surface area is 124 Å². The minimum atomic E-state index is -0.843. The lowest BCUT2D eigenvalue weighted by Gasteiger charge is -2.07. The second-order valence-corrected chi connectivity index (χ2v) is 5.99. The van der Waals surface area contributed by atoms with E-state index in [0.29, 0.717) is 17.9 Å². The highest BCUT2D eigenvalue weighted by Gasteiger charge is 2.11. The van der Waals surface area contributed by atoms with E-state index in [1.54, 1.807) is 17.4 Å². The van der Waals surface area contributed by atoms with Gasteiger partial charge in [0.25, 0.3) is 0 Å². The molecule has 0 fully saturated rings. The molecule has 0 radical (unpaired) electrons. The number of anilines is 1. The monoisotopic (exact) mass is 305 g/mol. The predicted molar refractivity (Wildman–Crippen MR) is 80.6 cm³/mol. The van der Waals surface area contributed by atoms with E-state index in [-0.39, 0.29) is 0 Å². The Morgan fingerprint density at radius 3 is 2.71 bits per heavy atom. The molecule has 2 heterocycles. The zero-order valence-electron chi connectivity index (χ0n) is 11.6. The molecule has 6 heteroatoms. The zero-order chi connectivity index (χ0) is 15.0. The molecule has 3 aromatic rings. The number of nitrogens with zero attached hydrogens (tertiary/aromatic N) is 2. The van der Waals surface area contributed by atoms with Gasteiger partial charge >= 0.3 is 0 Å². The molecule has 0 aliphatic carbocycles. The van der Waals surface area contributed by atoms with Crippen molar-refractivity contribution in [2.45, 2.75) is 20.4 Å². The van der Waals surface area contributed by atoms with Gasteiger partial charge in [0.1, 0.15) is 17.0 Å². The van der Waals surface area contributed by atoms with Crippen LogP contribution in [0.25, 0.3) is 10.2 Å². The van der Waals surface area contributed by atoms with Crippen LogP contribution in [0.1, 0.15) is 16.0 Å². The second-order valence-electron chi connectivity index (χ2n) is 4.79. The molecule has 0 aliphatic rings. The van der Waals surface area contributed by atoms with Gasteiger partial charge in [-0.2, -0.15) is 0 Å². The van der Waals surface area contributed by atoms with Gasteiger partial charge in [0.2, 0.25) is 0 Å². The fraction of sp³-hybridized carbons (Fsp3) is 0.200. The third-order valence-electron chi connectivity index (χ3n) is 3.41. The van der Waals surface area contributed by atoms with Crippen molar-refractivity contribution >= 4 is 27.4 Å². The minimum Gasteiger partial charge on any atom is -0.365 e. The summed E-state index contributed by atoms with van der Waals surface area (Å²) >= 11 is 1.62. The normalized spacial score (nSPS) is 11.0. The molecule has 0 unspecified atom stereocenters. The van der Waals surface area contributed by atoms with Crippen molar-refractivity contribution in [3.05, 3.63) is 52.2 Å². The molecular formula is C15H13F2N3S. The van der Waals surface area contributed by atoms with Crippen LogP contribution in [-0.2, 0) is 6.54 Å². The van der Waals surface area contributed by atoms with Gasteiger partial charge in [0.05, 0.1) is 5.39 Å². The molecule has 1 N–H and O–H groups in total. The van der Waals surface area contributed by atoms with Gasteiger partial charge in [-0.1, -0.05) is 6.07 Å². The molecule has 0 saturated heterocycles. The zero-order valence-corrected chi connectivity index (χ0v) is 12.4. The largest absolute Gasteiger partial charge is 0.365 e. The maximum absolute atomic E-state index is 13.2. The Bertz CT molecular complexity index is 814. The van der Waals surface area contributed by atoms with E-state index in [1.165, 1.54) is 17.3 Å². The van der Waals surface area contributed by atoms with E-state index in [4.69, 9.17) is 0 Å². The molecule has 3 rings (SSSR count). The summed E-state index contributed by atoms with van der Waals surface area (Å²) in [6.45, 7) is 4.44. The van der Waals surface area contributed by atoms with Gasteiger partial charge in [0.15, 0.2) is 11.6 Å². The molecular weight excluding hydrogens is 292 g/mol. The van der Waals surface area contributed by atoms with Crippen LogP contribution in [0.15, 0.2) is 24.5 Å². The number of nitrogens with one attached hydrogen (secondary N) is 1. The summed E-state index contributed by atoms with van der Waals surface area (Å²) in [6, 6.07) is 3.86. The first kappa shape index (κ1) is 13.9. The van der Waals surface area contributed by atoms with Crippen LogP contribution in [0.5, 0.6) is 0 Å². The number of aromatic nitrogens is 2. The van der Waals surface area contributed by atoms with E-state index >= 15 is 0 Å². The topological polar surface area (TPSA) is 37.8 Å². The van der Waals surface area contributed by atoms with E-state index in [1.807, 2.05) is 13.8 Å². The first-order chi connectivity index (χ1) is 10.1. The molecule has 0 spiro atoms. The van der Waals surface area contributed by atoms with Crippen LogP contribution in [0.2, 0.25) is 0 Å². The van der Waals surface area contributed by atoms with Gasteiger partial charge in [-0.25, -0.2) is 18.7 Å². The smallest absolute Gasteiger partial charge is 0.159 e. The van der Waals surface area contributed by atoms with E-state index in [9.17, 15) is 8.78 Å². The Morgan fingerprint density at radius 1 is 1.14 bits per heavy atom. The van der Waals surface area contributed by atoms with Crippen LogP contribution >= 0.6 is 11.3 Å². The lowest BCUT2D eigenvalue weighted by Crippen LogP contribution is -2.03. The van der Waals surface area contributed by atoms with Crippen molar-refractivity contribution in [2.24, 2.45) is 0 Å². The Kier molecular flexibility index (Phi) is 3.55. The fourth-order valence-corrected chi connectivity index (χ4v) is 3.15. The number of rotatable bonds is 3. The van der Waals surface area contributed by atoms with Crippen molar-refractivity contribution in [3.63, 3.8) is 0 Å². The third kappa shape index (κ3) is 2.58. The molecule has 0 aliphatic heterocycles. The summed E-state index contributed by atoms with van der Waals surface area (Å²) in [5.41, 5.74) is 1.80. The van der Waals surface area contributed by atoms with Gasteiger partial charge < -0.3 is 5.32 Å². The summed E-state index contributed by atoms with van der Waals surface area (Å²) < 4.78 is 26.1. The molecule has 21 heavy (non-hydrogen) atoms. The predicted octanol–water partition coefficient (Wildman–Crippen LogP) is 4.20. The van der Waals surface area contributed by atoms with Crippen molar-refractivity contribution in [1.82, 2.24) is 9.97 Å². The number of benzene rings is 1. The summed E-state index contributed by atoms with van der Waals surface area (Å²) in [6.07, 6.45) is 1.51. The second kappa shape index (κ2) is 5.37. The van der Waals surface area contributed by atoms with Crippen LogP contribution in [0.3, 0.4) is 0 Å². The SMILES string of the molecule is Cc1sc2ncnc(NCc3ccc(F)c(F)c3)c2c1C. The average molecular weight is 305 g/mol. The number of hydrogen-bond acceptors (Lipinski definition) is 4. The fourth-order valence-electron chi connectivity index (χ4n) is 2.15. The molecule has 0 atom stereocenters. The molecule has 0 saturated carbocycles. The van der Waals surface area contributed by atoms with E-state index in [2.05, 4.69) is 15.3 Å². The summed E-state index contributed by atoms with van der Waals surface area (Å²) in [5.74, 6) is -0.969. The third-order valence-corrected chi connectivity index (χ3v) is 4.52. The van der Waals surface area contributed by atoms with Crippen molar-refractivity contribution in [3.8, 4) is 0 Å². The molecule has 108 valence electrons. The van der Waals surface area contributed by atoms with E-state index < -0.39 is 11.6 Å². The van der Waals surface area contributed by atoms with Gasteiger partial charge in [0, 0.05) is 11.4 Å². The number of aryl methyl sites for hydroxylation is 2. The Hall–Kier alpha value is -2.08. The first-order valence-electron chi connectivity index (χ1n) is 6.44. The Morgan fingerprint density at radius 2 is 1.95 bits per heavy atom. The first-order valence-corrected chi connectivity index (χ1v) is 7.26. The Balaban J connectivity index is 1.90. The number of thiophene rings is 1. The van der Waals surface area contributed by atoms with Gasteiger partial charge in [-0.05, 0) is 37.1 Å². The molecule has 3 nitrogen and oxygen atoms in total. The quantitative estimate of drug-likeness (QED) is 0.788. The molecule has 1 aromatic carbocycles. The van der Waals surface area contributed by atoms with Crippen LogP contribution in [0.4, 0.5) is 14.6 Å². The van der Waals surface area contributed by atoms with Crippen LogP contribution < -0.4 is 5.32 Å². The summed E-state index contributed by atoms with van der Waals surface area (Å²) in [4.78, 5) is 10.6. The average Bonchev–Trinajstić information content (AvgIpc) is 2.76. The van der Waals surface area contributed by atoms with E-state index in [0.717, 1.165) is 21.8 Å². The lowest BCUT2D eigenvalue weighted by molar-refractivity contribution is 0.507. The summed E-state index contributed by atoms with van der Waals surface area (Å²) in [5, 5.41) is 4.16. The van der Waals surface area contributed by atoms with Gasteiger partial charge in [-0.3, -0.25) is 0 Å². The van der Waals surface area contributed by atoms with Gasteiger partial charge in [-0.15, -0.1) is 11.3 Å². The maximum Gasteiger partial charge on any atom is 0.159 e. The van der Waals surface area contributed by atoms with Crippen LogP contribution in [0, 0.1) is 25.5 Å². The van der Waals surface area contributed by atoms with Crippen molar-refractivity contribution in [2.75, 3.05) is 5.32 Å². The van der Waals surface area contributed by atoms with Crippen molar-refractivity contribution in [1.29, 1.82) is 0 Å². The maximum atomic E-state index is 13.2. The highest BCUT2D eigenvalue weighted by molar-refractivity contribution is 7.18. The highest BCUT2D eigenvalue weighted by atomic mass is 32.1. The minimum absolute atomic E-state index is 0.373. The number of fused-ring (bicyclic) bond motifs is 1. The number of halogens is 2. The summed E-state index contributed by atoms with van der Waals surface area (Å²) in [7, 11) is 0. The highest BCUT2D eigenvalue weighted by Crippen LogP contribution is 2.32.